The summed E-state index contributed by atoms with van der Waals surface area (Å²) in [4.78, 5) is 14.4. The normalized spacial score (nSPS) is 16.1. The van der Waals surface area contributed by atoms with Crippen LogP contribution in [-0.2, 0) is 0 Å². The maximum atomic E-state index is 12.5. The summed E-state index contributed by atoms with van der Waals surface area (Å²) in [6, 6.07) is 7.65. The highest BCUT2D eigenvalue weighted by Gasteiger charge is 2.24. The van der Waals surface area contributed by atoms with E-state index >= 15 is 0 Å². The molecule has 1 aliphatic heterocycles. The van der Waals surface area contributed by atoms with E-state index in [1.807, 2.05) is 29.2 Å². The van der Waals surface area contributed by atoms with Crippen LogP contribution in [0.25, 0.3) is 11.0 Å². The third-order valence-corrected chi connectivity index (χ3v) is 3.95. The highest BCUT2D eigenvalue weighted by molar-refractivity contribution is 6.05. The van der Waals surface area contributed by atoms with Crippen molar-refractivity contribution in [3.05, 3.63) is 36.1 Å². The summed E-state index contributed by atoms with van der Waals surface area (Å²) >= 11 is 0. The molecule has 2 aromatic rings. The van der Waals surface area contributed by atoms with Crippen LogP contribution in [0, 0.1) is 5.92 Å². The fraction of sp³-hybridized carbons (Fsp3) is 0.400. The number of likely N-dealkylation sites (tertiary alicyclic amines) is 1. The lowest BCUT2D eigenvalue weighted by Crippen LogP contribution is -2.39. The molecule has 1 amide bonds. The van der Waals surface area contributed by atoms with Gasteiger partial charge in [-0.2, -0.15) is 0 Å². The lowest BCUT2D eigenvalue weighted by molar-refractivity contribution is 0.0694. The molecule has 2 heterocycles. The lowest BCUT2D eigenvalue weighted by Gasteiger charge is -2.31. The highest BCUT2D eigenvalue weighted by Crippen LogP contribution is 2.24. The molecule has 0 atom stereocenters. The number of amides is 1. The lowest BCUT2D eigenvalue weighted by atomic mass is 9.96. The van der Waals surface area contributed by atoms with Crippen molar-refractivity contribution in [2.75, 3.05) is 19.6 Å². The van der Waals surface area contributed by atoms with Gasteiger partial charge in [-0.1, -0.05) is 18.2 Å². The average molecular weight is 295 g/mol. The third kappa shape index (κ3) is 2.67. The van der Waals surface area contributed by atoms with Crippen LogP contribution in [0.5, 0.6) is 0 Å². The molecule has 0 bridgehead atoms. The fourth-order valence-corrected chi connectivity index (χ4v) is 2.69. The zero-order valence-electron chi connectivity index (χ0n) is 11.2. The number of hydrogen-bond donors (Lipinski definition) is 1. The first kappa shape index (κ1) is 14.9. The Kier molecular flexibility index (Phi) is 4.68. The Labute approximate surface area is 124 Å². The van der Waals surface area contributed by atoms with Gasteiger partial charge < -0.3 is 15.1 Å². The van der Waals surface area contributed by atoms with Crippen LogP contribution < -0.4 is 5.73 Å². The highest BCUT2D eigenvalue weighted by atomic mass is 35.5. The van der Waals surface area contributed by atoms with Gasteiger partial charge in [-0.05, 0) is 31.4 Å². The molecule has 0 spiro atoms. The van der Waals surface area contributed by atoms with Crippen LogP contribution in [0.3, 0.4) is 0 Å². The van der Waals surface area contributed by atoms with E-state index in [0.717, 1.165) is 43.4 Å². The number of nitrogens with two attached hydrogens (primary N) is 1. The molecule has 0 radical (unpaired) electrons. The monoisotopic (exact) mass is 294 g/mol. The first-order valence-corrected chi connectivity index (χ1v) is 6.75. The summed E-state index contributed by atoms with van der Waals surface area (Å²) < 4.78 is 5.44. The topological polar surface area (TPSA) is 59.5 Å². The standard InChI is InChI=1S/C15H18N2O2.ClH/c16-9-11-5-7-17(8-6-11)15(18)13-10-19-14-4-2-1-3-12(13)14;/h1-4,10-11H,5-9,16H2;1H. The molecule has 4 nitrogen and oxygen atoms in total. The van der Waals surface area contributed by atoms with Gasteiger partial charge in [-0.15, -0.1) is 12.4 Å². The second-order valence-electron chi connectivity index (χ2n) is 5.12. The van der Waals surface area contributed by atoms with E-state index in [4.69, 9.17) is 10.2 Å². The number of hydrogen-bond acceptors (Lipinski definition) is 3. The molecule has 5 heteroatoms. The molecular weight excluding hydrogens is 276 g/mol. The minimum Gasteiger partial charge on any atom is -0.463 e. The zero-order chi connectivity index (χ0) is 13.2. The van der Waals surface area contributed by atoms with Crippen molar-refractivity contribution in [2.45, 2.75) is 12.8 Å². The number of halogens is 1. The smallest absolute Gasteiger partial charge is 0.257 e. The number of fused-ring (bicyclic) bond motifs is 1. The van der Waals surface area contributed by atoms with E-state index in [1.54, 1.807) is 6.26 Å². The minimum absolute atomic E-state index is 0. The van der Waals surface area contributed by atoms with E-state index < -0.39 is 0 Å². The van der Waals surface area contributed by atoms with Crippen molar-refractivity contribution in [1.82, 2.24) is 4.90 Å². The Morgan fingerprint density at radius 3 is 2.70 bits per heavy atom. The van der Waals surface area contributed by atoms with Crippen molar-refractivity contribution in [2.24, 2.45) is 11.7 Å². The minimum atomic E-state index is 0. The summed E-state index contributed by atoms with van der Waals surface area (Å²) in [5, 5.41) is 0.897. The van der Waals surface area contributed by atoms with Gasteiger partial charge in [-0.25, -0.2) is 0 Å². The Morgan fingerprint density at radius 2 is 2.00 bits per heavy atom. The van der Waals surface area contributed by atoms with Crippen LogP contribution >= 0.6 is 12.4 Å². The fourth-order valence-electron chi connectivity index (χ4n) is 2.69. The maximum absolute atomic E-state index is 12.5. The van der Waals surface area contributed by atoms with Crippen LogP contribution in [-0.4, -0.2) is 30.4 Å². The number of para-hydroxylation sites is 1. The number of piperidine rings is 1. The van der Waals surface area contributed by atoms with Crippen molar-refractivity contribution in [3.63, 3.8) is 0 Å². The van der Waals surface area contributed by atoms with Gasteiger partial charge in [-0.3, -0.25) is 4.79 Å². The molecule has 20 heavy (non-hydrogen) atoms. The Balaban J connectivity index is 0.00000147. The van der Waals surface area contributed by atoms with E-state index in [2.05, 4.69) is 0 Å². The van der Waals surface area contributed by atoms with E-state index in [9.17, 15) is 4.79 Å². The molecule has 1 aliphatic rings. The third-order valence-electron chi connectivity index (χ3n) is 3.95. The molecule has 108 valence electrons. The molecule has 0 aliphatic carbocycles. The SMILES string of the molecule is Cl.NCC1CCN(C(=O)c2coc3ccccc23)CC1. The number of rotatable bonds is 2. The molecule has 3 rings (SSSR count). The second-order valence-corrected chi connectivity index (χ2v) is 5.12. The Morgan fingerprint density at radius 1 is 1.30 bits per heavy atom. The van der Waals surface area contributed by atoms with Gasteiger partial charge in [0.15, 0.2) is 0 Å². The van der Waals surface area contributed by atoms with Crippen molar-refractivity contribution in [1.29, 1.82) is 0 Å². The van der Waals surface area contributed by atoms with Crippen molar-refractivity contribution < 1.29 is 9.21 Å². The number of carbonyl (C=O) groups is 1. The van der Waals surface area contributed by atoms with E-state index in [-0.39, 0.29) is 18.3 Å². The van der Waals surface area contributed by atoms with Crippen molar-refractivity contribution >= 4 is 29.3 Å². The first-order chi connectivity index (χ1) is 9.29. The Bertz CT molecular complexity index is 588. The van der Waals surface area contributed by atoms with Crippen LogP contribution in [0.1, 0.15) is 23.2 Å². The van der Waals surface area contributed by atoms with Gasteiger partial charge in [0.05, 0.1) is 5.56 Å². The summed E-state index contributed by atoms with van der Waals surface area (Å²) in [7, 11) is 0. The summed E-state index contributed by atoms with van der Waals surface area (Å²) in [6.07, 6.45) is 3.57. The molecule has 1 aromatic carbocycles. The molecule has 0 unspecified atom stereocenters. The Hall–Kier alpha value is -1.52. The molecule has 1 aromatic heterocycles. The van der Waals surface area contributed by atoms with Gasteiger partial charge in [0.1, 0.15) is 11.8 Å². The van der Waals surface area contributed by atoms with Gasteiger partial charge in [0.25, 0.3) is 5.91 Å². The summed E-state index contributed by atoms with van der Waals surface area (Å²) in [6.45, 7) is 2.30. The average Bonchev–Trinajstić information content (AvgIpc) is 2.90. The van der Waals surface area contributed by atoms with Crippen molar-refractivity contribution in [3.8, 4) is 0 Å². The van der Waals surface area contributed by atoms with E-state index in [1.165, 1.54) is 0 Å². The molecule has 1 saturated heterocycles. The molecular formula is C15H19ClN2O2. The summed E-state index contributed by atoms with van der Waals surface area (Å²) in [5.74, 6) is 0.630. The largest absolute Gasteiger partial charge is 0.463 e. The quantitative estimate of drug-likeness (QED) is 0.926. The molecule has 1 fully saturated rings. The molecule has 0 saturated carbocycles. The first-order valence-electron chi connectivity index (χ1n) is 6.75. The zero-order valence-corrected chi connectivity index (χ0v) is 12.1. The van der Waals surface area contributed by atoms with Crippen LogP contribution in [0.15, 0.2) is 34.9 Å². The predicted molar refractivity (Wildman–Crippen MR) is 81.1 cm³/mol. The van der Waals surface area contributed by atoms with Crippen LogP contribution in [0.4, 0.5) is 0 Å². The number of furan rings is 1. The summed E-state index contributed by atoms with van der Waals surface area (Å²) in [5.41, 5.74) is 7.11. The predicted octanol–water partition coefficient (Wildman–Crippen LogP) is 2.67. The number of nitrogens with zero attached hydrogens (tertiary/aromatic N) is 1. The van der Waals surface area contributed by atoms with E-state index in [0.29, 0.717) is 11.5 Å². The second kappa shape index (κ2) is 6.29. The van der Waals surface area contributed by atoms with Gasteiger partial charge in [0.2, 0.25) is 0 Å². The maximum Gasteiger partial charge on any atom is 0.257 e. The number of carbonyl (C=O) groups excluding carboxylic acids is 1. The van der Waals surface area contributed by atoms with Gasteiger partial charge in [0, 0.05) is 18.5 Å². The molecule has 2 N–H and O–H groups in total. The van der Waals surface area contributed by atoms with Gasteiger partial charge >= 0.3 is 0 Å². The van der Waals surface area contributed by atoms with Crippen LogP contribution in [0.2, 0.25) is 0 Å². The number of benzene rings is 1.